The Balaban J connectivity index is 1.46. The third-order valence-corrected chi connectivity index (χ3v) is 5.59. The monoisotopic (exact) mass is 430 g/mol. The van der Waals surface area contributed by atoms with Gasteiger partial charge in [-0.15, -0.1) is 5.10 Å². The number of pyridine rings is 2. The Labute approximate surface area is 188 Å². The van der Waals surface area contributed by atoms with E-state index in [9.17, 15) is 0 Å². The van der Waals surface area contributed by atoms with Crippen LogP contribution in [-0.4, -0.2) is 57.5 Å². The van der Waals surface area contributed by atoms with Crippen molar-refractivity contribution in [3.05, 3.63) is 54.0 Å². The molecule has 0 bridgehead atoms. The summed E-state index contributed by atoms with van der Waals surface area (Å²) >= 11 is 0. The fourth-order valence-electron chi connectivity index (χ4n) is 3.49. The Kier molecular flexibility index (Phi) is 7.01. The van der Waals surface area contributed by atoms with E-state index in [0.717, 1.165) is 47.2 Å². The van der Waals surface area contributed by atoms with Gasteiger partial charge in [0.15, 0.2) is 5.82 Å². The predicted molar refractivity (Wildman–Crippen MR) is 130 cm³/mol. The topological polar surface area (TPSA) is 105 Å². The van der Waals surface area contributed by atoms with Crippen molar-refractivity contribution in [2.45, 2.75) is 32.6 Å². The van der Waals surface area contributed by atoms with Crippen LogP contribution >= 0.6 is 0 Å². The predicted octanol–water partition coefficient (Wildman–Crippen LogP) is 3.75. The van der Waals surface area contributed by atoms with E-state index >= 15 is 0 Å². The molecule has 0 amide bonds. The largest absolute Gasteiger partial charge is 0.404 e. The molecule has 0 aliphatic carbocycles. The van der Waals surface area contributed by atoms with E-state index in [0.29, 0.717) is 17.6 Å². The summed E-state index contributed by atoms with van der Waals surface area (Å²) in [6.45, 7) is 8.60. The number of hydrogen-bond acceptors (Lipinski definition) is 8. The zero-order chi connectivity index (χ0) is 22.3. The van der Waals surface area contributed by atoms with Crippen molar-refractivity contribution >= 4 is 34.5 Å². The second-order valence-electron chi connectivity index (χ2n) is 8.32. The first kappa shape index (κ1) is 21.8. The van der Waals surface area contributed by atoms with Gasteiger partial charge in [-0.2, -0.15) is 5.10 Å². The molecule has 166 valence electrons. The summed E-state index contributed by atoms with van der Waals surface area (Å²) in [6, 6.07) is 7.79. The maximum absolute atomic E-state index is 5.88. The maximum atomic E-state index is 5.88. The average Bonchev–Trinajstić information content (AvgIpc) is 2.77. The van der Waals surface area contributed by atoms with E-state index in [1.807, 2.05) is 30.5 Å². The molecule has 1 aliphatic rings. The van der Waals surface area contributed by atoms with Crippen LogP contribution < -0.4 is 11.1 Å². The molecule has 0 aromatic carbocycles. The fourth-order valence-corrected chi connectivity index (χ4v) is 3.49. The minimum absolute atomic E-state index is 0.376. The van der Waals surface area contributed by atoms with Crippen LogP contribution in [0.4, 0.5) is 11.6 Å². The number of aliphatic imine (C=N–C) groups is 1. The molecule has 4 rings (SSSR count). The Morgan fingerprint density at radius 1 is 1.19 bits per heavy atom. The zero-order valence-electron chi connectivity index (χ0n) is 18.7. The molecule has 3 aromatic heterocycles. The summed E-state index contributed by atoms with van der Waals surface area (Å²) < 4.78 is 0. The van der Waals surface area contributed by atoms with Gasteiger partial charge in [-0.3, -0.25) is 9.98 Å². The molecule has 8 nitrogen and oxygen atoms in total. The van der Waals surface area contributed by atoms with Gasteiger partial charge in [0.1, 0.15) is 5.82 Å². The summed E-state index contributed by atoms with van der Waals surface area (Å²) in [5.41, 5.74) is 10.3. The number of nitrogens with zero attached hydrogens (tertiary/aromatic N) is 6. The van der Waals surface area contributed by atoms with Gasteiger partial charge < -0.3 is 16.0 Å². The number of anilines is 2. The number of aromatic nitrogens is 4. The average molecular weight is 431 g/mol. The quantitative estimate of drug-likeness (QED) is 0.393. The van der Waals surface area contributed by atoms with Crippen LogP contribution in [0.25, 0.3) is 16.6 Å². The fraction of sp³-hybridized carbons (Fsp3) is 0.375. The third-order valence-electron chi connectivity index (χ3n) is 5.59. The molecule has 0 atom stereocenters. The smallest absolute Gasteiger partial charge is 0.154 e. The number of rotatable bonds is 9. The molecule has 3 aromatic rings. The highest BCUT2D eigenvalue weighted by atomic mass is 15.2. The molecular formula is C24H30N8. The second kappa shape index (κ2) is 10.3. The van der Waals surface area contributed by atoms with Crippen LogP contribution in [0.5, 0.6) is 0 Å². The maximum Gasteiger partial charge on any atom is 0.154 e. The highest BCUT2D eigenvalue weighted by Crippen LogP contribution is 2.21. The van der Waals surface area contributed by atoms with Gasteiger partial charge in [0.25, 0.3) is 0 Å². The summed E-state index contributed by atoms with van der Waals surface area (Å²) in [7, 11) is 0. The van der Waals surface area contributed by atoms with Crippen molar-refractivity contribution < 1.29 is 0 Å². The Morgan fingerprint density at radius 3 is 2.81 bits per heavy atom. The van der Waals surface area contributed by atoms with Gasteiger partial charge in [0.2, 0.25) is 0 Å². The molecule has 8 heteroatoms. The second-order valence-corrected chi connectivity index (χ2v) is 8.32. The summed E-state index contributed by atoms with van der Waals surface area (Å²) in [5.74, 6) is 1.73. The number of hydrogen-bond donors (Lipinski definition) is 2. The Morgan fingerprint density at radius 2 is 2.06 bits per heavy atom. The molecule has 1 fully saturated rings. The molecule has 32 heavy (non-hydrogen) atoms. The summed E-state index contributed by atoms with van der Waals surface area (Å²) in [6.07, 6.45) is 9.36. The third kappa shape index (κ3) is 5.45. The van der Waals surface area contributed by atoms with Crippen LogP contribution in [0.15, 0.2) is 47.9 Å². The summed E-state index contributed by atoms with van der Waals surface area (Å²) in [4.78, 5) is 16.2. The lowest BCUT2D eigenvalue weighted by molar-refractivity contribution is 0.181. The van der Waals surface area contributed by atoms with Crippen LogP contribution in [0.2, 0.25) is 0 Å². The van der Waals surface area contributed by atoms with E-state index < -0.39 is 0 Å². The Hall–Kier alpha value is -3.39. The van der Waals surface area contributed by atoms with Gasteiger partial charge in [-0.05, 0) is 68.2 Å². The molecule has 1 saturated heterocycles. The lowest BCUT2D eigenvalue weighted by atomic mass is 10.1. The number of nitrogens with two attached hydrogens (primary N) is 1. The van der Waals surface area contributed by atoms with Crippen molar-refractivity contribution in [1.29, 1.82) is 0 Å². The SMILES string of the molecule is CC(C)c1cnnc(Nc2ccc3ncc(C(C=NCCCN4CCC4)=CN)cc3n2)c1. The lowest BCUT2D eigenvalue weighted by Gasteiger charge is -2.30. The van der Waals surface area contributed by atoms with Crippen molar-refractivity contribution in [1.82, 2.24) is 25.1 Å². The molecular weight excluding hydrogens is 400 g/mol. The zero-order valence-corrected chi connectivity index (χ0v) is 18.7. The molecule has 1 aliphatic heterocycles. The van der Waals surface area contributed by atoms with E-state index in [2.05, 4.69) is 44.2 Å². The number of allylic oxidation sites excluding steroid dienone is 1. The molecule has 0 radical (unpaired) electrons. The van der Waals surface area contributed by atoms with Crippen molar-refractivity contribution in [2.75, 3.05) is 31.5 Å². The van der Waals surface area contributed by atoms with Crippen LogP contribution in [-0.2, 0) is 0 Å². The van der Waals surface area contributed by atoms with Crippen molar-refractivity contribution in [2.24, 2.45) is 10.7 Å². The van der Waals surface area contributed by atoms with Crippen LogP contribution in [0.3, 0.4) is 0 Å². The Bertz CT molecular complexity index is 1120. The number of nitrogens with one attached hydrogen (secondary N) is 1. The van der Waals surface area contributed by atoms with Crippen LogP contribution in [0.1, 0.15) is 43.7 Å². The van der Waals surface area contributed by atoms with Crippen LogP contribution in [0, 0.1) is 0 Å². The van der Waals surface area contributed by atoms with E-state index in [1.54, 1.807) is 18.6 Å². The molecule has 0 saturated carbocycles. The number of likely N-dealkylation sites (tertiary alicyclic amines) is 1. The summed E-state index contributed by atoms with van der Waals surface area (Å²) in [5, 5.41) is 11.5. The van der Waals surface area contributed by atoms with Crippen molar-refractivity contribution in [3.63, 3.8) is 0 Å². The minimum Gasteiger partial charge on any atom is -0.404 e. The minimum atomic E-state index is 0.376. The van der Waals surface area contributed by atoms with Crippen molar-refractivity contribution in [3.8, 4) is 0 Å². The first-order valence-corrected chi connectivity index (χ1v) is 11.1. The lowest BCUT2D eigenvalue weighted by Crippen LogP contribution is -2.37. The van der Waals surface area contributed by atoms with Gasteiger partial charge >= 0.3 is 0 Å². The molecule has 4 heterocycles. The highest BCUT2D eigenvalue weighted by Gasteiger charge is 2.12. The van der Waals surface area contributed by atoms with Gasteiger partial charge in [-0.25, -0.2) is 4.98 Å². The normalized spacial score (nSPS) is 14.9. The molecule has 0 unspecified atom stereocenters. The van der Waals surface area contributed by atoms with E-state index in [-0.39, 0.29) is 0 Å². The number of fused-ring (bicyclic) bond motifs is 1. The standard InChI is InChI=1S/C24H30N8/c1-17(2)18-12-24(31-28-16-18)30-23-6-5-21-22(29-23)11-19(15-27-21)20(13-25)14-26-7-3-8-32-9-4-10-32/h5-6,11-17H,3-4,7-10,25H2,1-2H3,(H,29,30,31). The molecule has 0 spiro atoms. The molecule has 3 N–H and O–H groups in total. The first-order valence-electron chi connectivity index (χ1n) is 11.1. The van der Waals surface area contributed by atoms with E-state index in [4.69, 9.17) is 10.7 Å². The van der Waals surface area contributed by atoms with E-state index in [1.165, 1.54) is 19.5 Å². The highest BCUT2D eigenvalue weighted by molar-refractivity contribution is 6.10. The van der Waals surface area contributed by atoms with Gasteiger partial charge in [0, 0.05) is 36.3 Å². The van der Waals surface area contributed by atoms with Gasteiger partial charge in [0.05, 0.1) is 17.2 Å². The first-order chi connectivity index (χ1) is 15.6. The van der Waals surface area contributed by atoms with Gasteiger partial charge in [-0.1, -0.05) is 13.8 Å².